The Hall–Kier alpha value is -1.45. The normalized spacial score (nSPS) is 18.1. The Morgan fingerprint density at radius 1 is 1.39 bits per heavy atom. The van der Waals surface area contributed by atoms with Gasteiger partial charge in [-0.1, -0.05) is 28.1 Å². The maximum atomic E-state index is 13.2. The number of carbonyl (C=O) groups is 1. The van der Waals surface area contributed by atoms with E-state index in [-0.39, 0.29) is 18.3 Å². The van der Waals surface area contributed by atoms with Crippen molar-refractivity contribution in [3.05, 3.63) is 51.6 Å². The van der Waals surface area contributed by atoms with Gasteiger partial charge in [0.2, 0.25) is 0 Å². The lowest BCUT2D eigenvalue weighted by molar-refractivity contribution is 0.0690. The molecule has 0 spiro atoms. The highest BCUT2D eigenvalue weighted by Gasteiger charge is 2.44. The number of aromatic nitrogens is 1. The predicted octanol–water partition coefficient (Wildman–Crippen LogP) is 3.91. The molecule has 2 atom stereocenters. The molecular formula is C20H23BrN2O4S. The topological polar surface area (TPSA) is 96.7 Å². The number of benzene rings is 1. The second kappa shape index (κ2) is 8.12. The van der Waals surface area contributed by atoms with Crippen LogP contribution in [-0.2, 0) is 17.9 Å². The maximum absolute atomic E-state index is 13.2. The smallest absolute Gasteiger partial charge is 0.354 e. The first-order valence-electron chi connectivity index (χ1n) is 8.96. The first-order chi connectivity index (χ1) is 13.1. The molecule has 150 valence electrons. The van der Waals surface area contributed by atoms with Crippen LogP contribution in [0.25, 0.3) is 11.3 Å². The molecule has 0 radical (unpaired) electrons. The molecule has 1 aliphatic rings. The number of aliphatic hydroxyl groups excluding tert-OH is 1. The number of halogens is 1. The van der Waals surface area contributed by atoms with Crippen LogP contribution in [0.2, 0.25) is 0 Å². The van der Waals surface area contributed by atoms with Gasteiger partial charge in [0, 0.05) is 33.6 Å². The Labute approximate surface area is 176 Å². The molecule has 1 aromatic heterocycles. The quantitative estimate of drug-likeness (QED) is 0.648. The third kappa shape index (κ3) is 4.11. The fourth-order valence-electron chi connectivity index (χ4n) is 3.43. The molecule has 0 fully saturated rings. The summed E-state index contributed by atoms with van der Waals surface area (Å²) in [7, 11) is 0. The highest BCUT2D eigenvalue weighted by Crippen LogP contribution is 2.45. The number of hydrogen-bond acceptors (Lipinski definition) is 5. The molecule has 6 nitrogen and oxygen atoms in total. The first-order valence-corrected chi connectivity index (χ1v) is 10.9. The Bertz CT molecular complexity index is 900. The fraction of sp³-hybridized carbons (Fsp3) is 0.400. The first kappa shape index (κ1) is 21.3. The number of hydrogen-bond donors (Lipinski definition) is 2. The van der Waals surface area contributed by atoms with E-state index in [1.807, 2.05) is 49.3 Å². The molecule has 0 bridgehead atoms. The molecule has 1 unspecified atom stereocenters. The van der Waals surface area contributed by atoms with E-state index in [0.29, 0.717) is 18.7 Å². The lowest BCUT2D eigenvalue weighted by atomic mass is 9.96. The molecule has 0 saturated heterocycles. The van der Waals surface area contributed by atoms with Crippen molar-refractivity contribution >= 4 is 33.3 Å². The summed E-state index contributed by atoms with van der Waals surface area (Å²) in [5.74, 6) is -1.10. The Morgan fingerprint density at radius 2 is 2.11 bits per heavy atom. The highest BCUT2D eigenvalue weighted by atomic mass is 79.9. The monoisotopic (exact) mass is 466 g/mol. The molecule has 8 heteroatoms. The van der Waals surface area contributed by atoms with Crippen LogP contribution in [-0.4, -0.2) is 41.4 Å². The number of pyridine rings is 1. The summed E-state index contributed by atoms with van der Waals surface area (Å²) < 4.78 is 15.4. The summed E-state index contributed by atoms with van der Waals surface area (Å²) in [6.45, 7) is 5.99. The second-order valence-electron chi connectivity index (χ2n) is 7.71. The summed E-state index contributed by atoms with van der Waals surface area (Å²) in [4.78, 5) is 16.1. The predicted molar refractivity (Wildman–Crippen MR) is 112 cm³/mol. The molecule has 28 heavy (non-hydrogen) atoms. The van der Waals surface area contributed by atoms with Crippen LogP contribution in [0.1, 0.15) is 54.8 Å². The van der Waals surface area contributed by atoms with Gasteiger partial charge in [-0.05, 0) is 51.0 Å². The maximum Gasteiger partial charge on any atom is 0.354 e. The van der Waals surface area contributed by atoms with Gasteiger partial charge in [-0.2, -0.15) is 0 Å². The average Bonchev–Trinajstić information content (AvgIpc) is 2.98. The molecule has 0 saturated carbocycles. The third-order valence-electron chi connectivity index (χ3n) is 4.61. The van der Waals surface area contributed by atoms with Gasteiger partial charge in [0.1, 0.15) is 10.4 Å². The van der Waals surface area contributed by atoms with Gasteiger partial charge in [-0.15, -0.1) is 4.31 Å². The fourth-order valence-corrected chi connectivity index (χ4v) is 5.24. The van der Waals surface area contributed by atoms with Gasteiger partial charge in [0.25, 0.3) is 0 Å². The molecule has 2 N–H and O–H groups in total. The lowest BCUT2D eigenvalue weighted by Crippen LogP contribution is -2.42. The summed E-state index contributed by atoms with van der Waals surface area (Å²) in [5.41, 5.74) is 2.93. The molecule has 1 aromatic carbocycles. The van der Waals surface area contributed by atoms with E-state index in [4.69, 9.17) is 0 Å². The van der Waals surface area contributed by atoms with Crippen molar-refractivity contribution in [2.24, 2.45) is 0 Å². The van der Waals surface area contributed by atoms with Gasteiger partial charge in [0.15, 0.2) is 0 Å². The van der Waals surface area contributed by atoms with Gasteiger partial charge in [-0.3, -0.25) is 0 Å². The van der Waals surface area contributed by atoms with Crippen LogP contribution >= 0.6 is 15.9 Å². The van der Waals surface area contributed by atoms with Crippen LogP contribution in [0.4, 0.5) is 0 Å². The minimum absolute atomic E-state index is 0.0418. The summed E-state index contributed by atoms with van der Waals surface area (Å²) in [6.07, 6.45) is 0.393. The molecule has 3 rings (SSSR count). The van der Waals surface area contributed by atoms with E-state index in [1.54, 1.807) is 6.07 Å². The zero-order chi connectivity index (χ0) is 20.6. The minimum Gasteiger partial charge on any atom is -0.597 e. The average molecular weight is 467 g/mol. The van der Waals surface area contributed by atoms with Crippen molar-refractivity contribution in [1.29, 1.82) is 0 Å². The summed E-state index contributed by atoms with van der Waals surface area (Å²) in [5, 5.41) is 19.2. The van der Waals surface area contributed by atoms with Crippen molar-refractivity contribution in [1.82, 2.24) is 9.29 Å². The minimum atomic E-state index is -1.32. The molecule has 0 amide bonds. The third-order valence-corrected chi connectivity index (χ3v) is 6.96. The van der Waals surface area contributed by atoms with E-state index >= 15 is 0 Å². The molecular weight excluding hydrogens is 444 g/mol. The Kier molecular flexibility index (Phi) is 6.17. The van der Waals surface area contributed by atoms with Crippen LogP contribution in [0.5, 0.6) is 0 Å². The standard InChI is InChI=1S/C20H23BrN2O4S/c1-20(2,3)28(27)23-11-13-10-15(19(25)26)22-18(17(13)16(23)7-8-24)12-5-4-6-14(21)9-12/h4-6,9-10,16,24H,7-8,11H2,1-3H3,(H,25,26)/t16?,28-/m1/s1. The van der Waals surface area contributed by atoms with Gasteiger partial charge < -0.3 is 14.8 Å². The number of nitrogens with zero attached hydrogens (tertiary/aromatic N) is 2. The van der Waals surface area contributed by atoms with Crippen LogP contribution in [0, 0.1) is 0 Å². The number of aliphatic hydroxyl groups is 1. The zero-order valence-corrected chi connectivity index (χ0v) is 18.4. The Morgan fingerprint density at radius 3 is 2.68 bits per heavy atom. The largest absolute Gasteiger partial charge is 0.597 e. The number of rotatable bonds is 5. The van der Waals surface area contributed by atoms with E-state index < -0.39 is 22.1 Å². The van der Waals surface area contributed by atoms with E-state index in [9.17, 15) is 19.6 Å². The van der Waals surface area contributed by atoms with Crippen molar-refractivity contribution in [2.75, 3.05) is 6.61 Å². The van der Waals surface area contributed by atoms with Gasteiger partial charge >= 0.3 is 5.97 Å². The van der Waals surface area contributed by atoms with Gasteiger partial charge in [0.05, 0.1) is 18.3 Å². The van der Waals surface area contributed by atoms with Crippen molar-refractivity contribution in [2.45, 2.75) is 44.5 Å². The van der Waals surface area contributed by atoms with Gasteiger partial charge in [-0.25, -0.2) is 9.78 Å². The van der Waals surface area contributed by atoms with E-state index in [2.05, 4.69) is 20.9 Å². The summed E-state index contributed by atoms with van der Waals surface area (Å²) in [6, 6.07) is 8.76. The lowest BCUT2D eigenvalue weighted by Gasteiger charge is -2.33. The molecule has 1 aliphatic heterocycles. The summed E-state index contributed by atoms with van der Waals surface area (Å²) >= 11 is 2.13. The highest BCUT2D eigenvalue weighted by molar-refractivity contribution is 9.10. The molecule has 0 aliphatic carbocycles. The number of aromatic carboxylic acids is 1. The SMILES string of the molecule is CC(C)(C)[S@@+]([O-])N1Cc2cc(C(=O)O)nc(-c3cccc(Br)c3)c2C1CCO. The second-order valence-corrected chi connectivity index (χ2v) is 10.8. The van der Waals surface area contributed by atoms with Crippen molar-refractivity contribution in [3.63, 3.8) is 0 Å². The van der Waals surface area contributed by atoms with E-state index in [0.717, 1.165) is 21.2 Å². The van der Waals surface area contributed by atoms with Crippen LogP contribution in [0.3, 0.4) is 0 Å². The number of fused-ring (bicyclic) bond motifs is 1. The Balaban J connectivity index is 2.21. The van der Waals surface area contributed by atoms with Crippen LogP contribution in [0.15, 0.2) is 34.8 Å². The number of carboxylic acid groups (broad SMARTS) is 1. The van der Waals surface area contributed by atoms with E-state index in [1.165, 1.54) is 0 Å². The molecule has 2 heterocycles. The van der Waals surface area contributed by atoms with Crippen LogP contribution < -0.4 is 0 Å². The molecule has 2 aromatic rings. The van der Waals surface area contributed by atoms with Crippen molar-refractivity contribution < 1.29 is 19.6 Å². The number of carboxylic acids is 1. The van der Waals surface area contributed by atoms with Crippen molar-refractivity contribution in [3.8, 4) is 11.3 Å². The zero-order valence-electron chi connectivity index (χ0n) is 16.0.